The van der Waals surface area contributed by atoms with Crippen LogP contribution in [-0.2, 0) is 36.1 Å². The molecule has 4 bridgehead atoms. The van der Waals surface area contributed by atoms with E-state index in [4.69, 9.17) is 0 Å². The zero-order valence-electron chi connectivity index (χ0n) is 27.9. The van der Waals surface area contributed by atoms with Crippen molar-refractivity contribution >= 4 is 51.2 Å². The maximum absolute atomic E-state index is 2.68. The molecule has 2 aliphatic carbocycles. The average Bonchev–Trinajstić information content (AvgIpc) is 3.62. The molecule has 2 atom stereocenters. The van der Waals surface area contributed by atoms with Crippen LogP contribution in [0.15, 0.2) is 121 Å². The molecule has 3 aliphatic rings. The minimum atomic E-state index is -2.29. The Morgan fingerprint density at radius 2 is 0.896 bits per heavy atom. The molecule has 2 unspecified atom stereocenters. The first kappa shape index (κ1) is 33.5. The predicted octanol–water partition coefficient (Wildman–Crippen LogP) is 5.64. The molecule has 0 aromatic heterocycles. The van der Waals surface area contributed by atoms with E-state index >= 15 is 0 Å². The van der Waals surface area contributed by atoms with Crippen molar-refractivity contribution in [2.24, 2.45) is 0 Å². The van der Waals surface area contributed by atoms with Gasteiger partial charge < -0.3 is 24.8 Å². The molecule has 0 N–H and O–H groups in total. The maximum atomic E-state index is 2.68. The Hall–Kier alpha value is -3.00. The SMILES string of the molecule is CCc1cc(C2=C3c4ccccc4[CH]2[Zr+2][CH]2C(c4cc(CC)cc5ccccc45)=C(c4ccccc42)[Si]3(C)C)c2ccccc2c1.[Cl-].[Cl-]. The van der Waals surface area contributed by atoms with Crippen LogP contribution in [0, 0.1) is 0 Å². The first-order valence-corrected chi connectivity index (χ1v) is 22.8. The normalized spacial score (nSPS) is 18.2. The Bertz CT molecular complexity index is 2150. The summed E-state index contributed by atoms with van der Waals surface area (Å²) in [5.41, 5.74) is 15.6. The molecule has 6 aromatic carbocycles. The fraction of sp³-hybridized carbons (Fsp3) is 0.182. The van der Waals surface area contributed by atoms with Crippen molar-refractivity contribution < 1.29 is 48.0 Å². The maximum Gasteiger partial charge on any atom is -1.00 e. The summed E-state index contributed by atoms with van der Waals surface area (Å²) in [6, 6.07) is 47.5. The van der Waals surface area contributed by atoms with E-state index < -0.39 is 31.3 Å². The fourth-order valence-corrected chi connectivity index (χ4v) is 18.9. The number of benzene rings is 6. The first-order valence-electron chi connectivity index (χ1n) is 17.0. The molecule has 0 saturated heterocycles. The third-order valence-corrected chi connectivity index (χ3v) is 19.2. The van der Waals surface area contributed by atoms with Gasteiger partial charge in [0.2, 0.25) is 0 Å². The summed E-state index contributed by atoms with van der Waals surface area (Å²) in [5.74, 6) is 0. The van der Waals surface area contributed by atoms with E-state index in [1.807, 2.05) is 0 Å². The van der Waals surface area contributed by atoms with E-state index in [2.05, 4.69) is 148 Å². The second-order valence-electron chi connectivity index (χ2n) is 13.8. The molecule has 1 heterocycles. The van der Waals surface area contributed by atoms with Gasteiger partial charge in [0.05, 0.1) is 0 Å². The van der Waals surface area contributed by atoms with Gasteiger partial charge in [-0.1, -0.05) is 0 Å². The van der Waals surface area contributed by atoms with Crippen molar-refractivity contribution in [2.75, 3.05) is 0 Å². The number of halogens is 2. The second-order valence-corrected chi connectivity index (χ2v) is 21.8. The Morgan fingerprint density at radius 1 is 0.500 bits per heavy atom. The molecule has 0 saturated carbocycles. The van der Waals surface area contributed by atoms with Gasteiger partial charge >= 0.3 is 287 Å². The van der Waals surface area contributed by atoms with Crippen LogP contribution in [0.3, 0.4) is 0 Å². The summed E-state index contributed by atoms with van der Waals surface area (Å²) in [6.07, 6.45) is 2.12. The van der Waals surface area contributed by atoms with Gasteiger partial charge in [0.15, 0.2) is 0 Å². The third kappa shape index (κ3) is 4.85. The van der Waals surface area contributed by atoms with E-state index in [0.717, 1.165) is 12.8 Å². The van der Waals surface area contributed by atoms with Gasteiger partial charge in [0.1, 0.15) is 0 Å². The van der Waals surface area contributed by atoms with Crippen molar-refractivity contribution in [3.63, 3.8) is 0 Å². The molecule has 0 radical (unpaired) electrons. The Morgan fingerprint density at radius 3 is 1.33 bits per heavy atom. The van der Waals surface area contributed by atoms with Gasteiger partial charge in [-0.05, 0) is 0 Å². The van der Waals surface area contributed by atoms with Crippen LogP contribution < -0.4 is 24.8 Å². The van der Waals surface area contributed by atoms with E-state index in [0.29, 0.717) is 7.25 Å². The van der Waals surface area contributed by atoms with Crippen molar-refractivity contribution in [3.05, 3.63) is 166 Å². The summed E-state index contributed by atoms with van der Waals surface area (Å²) in [4.78, 5) is 0. The van der Waals surface area contributed by atoms with E-state index in [1.54, 1.807) is 43.8 Å². The zero-order valence-corrected chi connectivity index (χ0v) is 32.8. The number of rotatable bonds is 4. The van der Waals surface area contributed by atoms with Gasteiger partial charge in [-0.3, -0.25) is 0 Å². The number of fused-ring (bicyclic) bond motifs is 10. The summed E-state index contributed by atoms with van der Waals surface area (Å²) >= 11 is -1.16. The van der Waals surface area contributed by atoms with Crippen LogP contribution >= 0.6 is 0 Å². The smallest absolute Gasteiger partial charge is 1.00 e. The van der Waals surface area contributed by atoms with Gasteiger partial charge in [0, 0.05) is 0 Å². The van der Waals surface area contributed by atoms with Gasteiger partial charge in [-0.25, -0.2) is 0 Å². The topological polar surface area (TPSA) is 0 Å². The summed E-state index contributed by atoms with van der Waals surface area (Å²) < 4.78 is 1.04. The van der Waals surface area contributed by atoms with Gasteiger partial charge in [0.25, 0.3) is 0 Å². The molecule has 0 nitrogen and oxygen atoms in total. The largest absolute Gasteiger partial charge is 1.00 e. The number of hydrogen-bond acceptors (Lipinski definition) is 0. The van der Waals surface area contributed by atoms with Crippen LogP contribution in [-0.4, -0.2) is 8.07 Å². The van der Waals surface area contributed by atoms with Crippen LogP contribution in [0.1, 0.15) is 65.6 Å². The number of aryl methyl sites for hydroxylation is 2. The molecular weight excluding hydrogens is 719 g/mol. The molecule has 236 valence electrons. The number of hydrogen-bond donors (Lipinski definition) is 0. The van der Waals surface area contributed by atoms with Crippen molar-refractivity contribution in [2.45, 2.75) is 47.0 Å². The third-order valence-electron chi connectivity index (χ3n) is 11.0. The van der Waals surface area contributed by atoms with Gasteiger partial charge in [-0.2, -0.15) is 0 Å². The zero-order chi connectivity index (χ0) is 31.2. The van der Waals surface area contributed by atoms with E-state index in [1.165, 1.54) is 43.8 Å². The summed E-state index contributed by atoms with van der Waals surface area (Å²) in [7, 11) is -2.29. The van der Waals surface area contributed by atoms with Crippen LogP contribution in [0.2, 0.25) is 13.1 Å². The summed E-state index contributed by atoms with van der Waals surface area (Å²) in [6.45, 7) is 9.99. The predicted molar refractivity (Wildman–Crippen MR) is 196 cm³/mol. The van der Waals surface area contributed by atoms with E-state index in [9.17, 15) is 0 Å². The second kappa shape index (κ2) is 12.7. The molecule has 0 spiro atoms. The minimum Gasteiger partial charge on any atom is -1.00 e. The van der Waals surface area contributed by atoms with Crippen molar-refractivity contribution in [1.29, 1.82) is 0 Å². The molecule has 9 rings (SSSR count). The Labute approximate surface area is 309 Å². The standard InChI is InChI=1S/C44H38Si.2ClH.Zr/c1-5-29-23-31-15-7-11-19-35(31)39(25-29)41-27-33-17-9-13-21-37(33)43(41)45(3,4)44-38-22-14-10-18-34(38)28-42(44)40-26-30(6-2)24-32-16-8-12-20-36(32)40;;;/h7-28H,5-6H2,1-4H3;2*1H;/q;;;+2/p-2. The fourth-order valence-electron chi connectivity index (χ4n) is 9.01. The summed E-state index contributed by atoms with van der Waals surface area (Å²) in [5, 5.41) is 9.02. The Kier molecular flexibility index (Phi) is 8.87. The van der Waals surface area contributed by atoms with Gasteiger partial charge in [-0.15, -0.1) is 0 Å². The van der Waals surface area contributed by atoms with Crippen molar-refractivity contribution in [1.82, 2.24) is 0 Å². The average molecular weight is 757 g/mol. The molecule has 1 aliphatic heterocycles. The molecule has 0 amide bonds. The van der Waals surface area contributed by atoms with Crippen LogP contribution in [0.25, 0.3) is 43.1 Å². The minimum absolute atomic E-state index is 0. The molecule has 6 aromatic rings. The van der Waals surface area contributed by atoms with E-state index in [-0.39, 0.29) is 24.8 Å². The van der Waals surface area contributed by atoms with Crippen molar-refractivity contribution in [3.8, 4) is 0 Å². The molecule has 0 fully saturated rings. The number of allylic oxidation sites excluding steroid dienone is 2. The molecular formula is C44H38Cl2SiZr. The Balaban J connectivity index is 0.00000182. The van der Waals surface area contributed by atoms with Crippen LogP contribution in [0.5, 0.6) is 0 Å². The molecule has 48 heavy (non-hydrogen) atoms. The quantitative estimate of drug-likeness (QED) is 0.205. The monoisotopic (exact) mass is 754 g/mol. The first-order chi connectivity index (χ1) is 22.5. The van der Waals surface area contributed by atoms with Crippen LogP contribution in [0.4, 0.5) is 0 Å². The molecule has 4 heteroatoms.